The van der Waals surface area contributed by atoms with Crippen molar-refractivity contribution in [3.05, 3.63) is 47.2 Å². The number of hydrogen-bond donors (Lipinski definition) is 2. The molecule has 2 aromatic rings. The van der Waals surface area contributed by atoms with E-state index in [-0.39, 0.29) is 30.0 Å². The molecule has 2 N–H and O–H groups in total. The van der Waals surface area contributed by atoms with Gasteiger partial charge in [-0.25, -0.2) is 13.8 Å². The number of carbonyl (C=O) groups excluding carboxylic acids is 1. The molecule has 29 heavy (non-hydrogen) atoms. The Hall–Kier alpha value is -2.61. The molecule has 1 aromatic heterocycles. The van der Waals surface area contributed by atoms with Crippen LogP contribution in [0, 0.1) is 18.6 Å². The van der Waals surface area contributed by atoms with Gasteiger partial charge in [0.25, 0.3) is 0 Å². The Balaban J connectivity index is 1.46. The molecule has 1 saturated carbocycles. The molecule has 0 aliphatic heterocycles. The minimum atomic E-state index is -1.00. The highest BCUT2D eigenvalue weighted by atomic mass is 19.2. The lowest BCUT2D eigenvalue weighted by Crippen LogP contribution is -2.39. The molecule has 1 aliphatic rings. The molecule has 156 valence electrons. The molecular formula is C21H27F2N5O. The summed E-state index contributed by atoms with van der Waals surface area (Å²) >= 11 is 0. The highest BCUT2D eigenvalue weighted by Crippen LogP contribution is 2.23. The largest absolute Gasteiger partial charge is 0.362 e. The van der Waals surface area contributed by atoms with E-state index in [1.54, 1.807) is 0 Å². The third-order valence-electron chi connectivity index (χ3n) is 5.22. The summed E-state index contributed by atoms with van der Waals surface area (Å²) in [5, 5.41) is 6.64. The Bertz CT molecular complexity index is 866. The van der Waals surface area contributed by atoms with E-state index in [9.17, 15) is 13.6 Å². The van der Waals surface area contributed by atoms with E-state index < -0.39 is 11.6 Å². The van der Waals surface area contributed by atoms with Gasteiger partial charge >= 0.3 is 0 Å². The third-order valence-corrected chi connectivity index (χ3v) is 5.22. The SMILES string of the molecule is Cc1cnc(N[C@H]2CC[C@@H](NCC(=O)c3ccc(F)c(F)c3)CC2)nc1N(C)C. The van der Waals surface area contributed by atoms with Crippen LogP contribution in [0.2, 0.25) is 0 Å². The van der Waals surface area contributed by atoms with Crippen LogP contribution in [0.4, 0.5) is 20.5 Å². The Morgan fingerprint density at radius 2 is 1.83 bits per heavy atom. The summed E-state index contributed by atoms with van der Waals surface area (Å²) in [6, 6.07) is 3.75. The molecule has 0 bridgehead atoms. The van der Waals surface area contributed by atoms with E-state index in [0.29, 0.717) is 5.95 Å². The highest BCUT2D eigenvalue weighted by molar-refractivity contribution is 5.97. The molecule has 0 unspecified atom stereocenters. The summed E-state index contributed by atoms with van der Waals surface area (Å²) in [6.45, 7) is 2.10. The van der Waals surface area contributed by atoms with E-state index in [1.165, 1.54) is 6.07 Å². The monoisotopic (exact) mass is 403 g/mol. The number of halogens is 2. The minimum absolute atomic E-state index is 0.112. The van der Waals surface area contributed by atoms with Gasteiger partial charge in [0.05, 0.1) is 6.54 Å². The number of Topliss-reactive ketones (excluding diaryl/α,β-unsaturated/α-hetero) is 1. The maximum Gasteiger partial charge on any atom is 0.224 e. The number of rotatable bonds is 7. The molecule has 6 nitrogen and oxygen atoms in total. The molecule has 1 aliphatic carbocycles. The van der Waals surface area contributed by atoms with Crippen molar-refractivity contribution in [3.63, 3.8) is 0 Å². The molecule has 1 aromatic carbocycles. The number of benzene rings is 1. The number of aryl methyl sites for hydroxylation is 1. The van der Waals surface area contributed by atoms with Crippen LogP contribution in [0.25, 0.3) is 0 Å². The highest BCUT2D eigenvalue weighted by Gasteiger charge is 2.22. The van der Waals surface area contributed by atoms with Crippen molar-refractivity contribution in [1.82, 2.24) is 15.3 Å². The lowest BCUT2D eigenvalue weighted by atomic mass is 9.91. The molecule has 0 saturated heterocycles. The van der Waals surface area contributed by atoms with Gasteiger partial charge in [-0.15, -0.1) is 0 Å². The van der Waals surface area contributed by atoms with Gasteiger partial charge in [-0.05, 0) is 50.8 Å². The van der Waals surface area contributed by atoms with Crippen LogP contribution >= 0.6 is 0 Å². The summed E-state index contributed by atoms with van der Waals surface area (Å²) in [7, 11) is 3.91. The van der Waals surface area contributed by atoms with Gasteiger partial charge in [-0.2, -0.15) is 4.98 Å². The second kappa shape index (κ2) is 9.26. The maximum absolute atomic E-state index is 13.3. The Labute approximate surface area is 169 Å². The maximum atomic E-state index is 13.3. The predicted molar refractivity (Wildman–Crippen MR) is 109 cm³/mol. The molecule has 0 atom stereocenters. The van der Waals surface area contributed by atoms with Crippen molar-refractivity contribution in [1.29, 1.82) is 0 Å². The zero-order chi connectivity index (χ0) is 21.0. The van der Waals surface area contributed by atoms with Gasteiger partial charge in [-0.3, -0.25) is 4.79 Å². The van der Waals surface area contributed by atoms with Crippen LogP contribution in [0.1, 0.15) is 41.6 Å². The summed E-state index contributed by atoms with van der Waals surface area (Å²) < 4.78 is 26.3. The van der Waals surface area contributed by atoms with E-state index in [2.05, 4.69) is 20.6 Å². The molecule has 1 heterocycles. The predicted octanol–water partition coefficient (Wildman–Crippen LogP) is 3.32. The summed E-state index contributed by atoms with van der Waals surface area (Å²) in [4.78, 5) is 23.1. The first kappa shape index (κ1) is 21.1. The van der Waals surface area contributed by atoms with Crippen LogP contribution in [0.5, 0.6) is 0 Å². The van der Waals surface area contributed by atoms with Crippen molar-refractivity contribution in [3.8, 4) is 0 Å². The van der Waals surface area contributed by atoms with Crippen molar-refractivity contribution in [2.45, 2.75) is 44.7 Å². The fourth-order valence-electron chi connectivity index (χ4n) is 3.59. The van der Waals surface area contributed by atoms with Crippen LogP contribution in [0.15, 0.2) is 24.4 Å². The Morgan fingerprint density at radius 1 is 1.14 bits per heavy atom. The van der Waals surface area contributed by atoms with Crippen LogP contribution in [-0.4, -0.2) is 48.5 Å². The molecule has 8 heteroatoms. The summed E-state index contributed by atoms with van der Waals surface area (Å²) in [5.41, 5.74) is 1.21. The van der Waals surface area contributed by atoms with Crippen LogP contribution in [0.3, 0.4) is 0 Å². The molecule has 0 amide bonds. The van der Waals surface area contributed by atoms with Gasteiger partial charge in [0.1, 0.15) is 5.82 Å². The summed E-state index contributed by atoms with van der Waals surface area (Å²) in [6.07, 6.45) is 5.52. The fraction of sp³-hybridized carbons (Fsp3) is 0.476. The number of anilines is 2. The first-order valence-corrected chi connectivity index (χ1v) is 9.82. The molecule has 0 spiro atoms. The average molecular weight is 403 g/mol. The average Bonchev–Trinajstić information content (AvgIpc) is 2.70. The first-order chi connectivity index (χ1) is 13.8. The minimum Gasteiger partial charge on any atom is -0.362 e. The smallest absolute Gasteiger partial charge is 0.224 e. The first-order valence-electron chi connectivity index (χ1n) is 9.82. The van der Waals surface area contributed by atoms with Gasteiger partial charge in [0, 0.05) is 43.5 Å². The number of carbonyl (C=O) groups is 1. The number of aromatic nitrogens is 2. The molecule has 3 rings (SSSR count). The van der Waals surface area contributed by atoms with Gasteiger partial charge in [-0.1, -0.05) is 0 Å². The number of ketones is 1. The molecule has 0 radical (unpaired) electrons. The van der Waals surface area contributed by atoms with Gasteiger partial charge in [0.2, 0.25) is 5.95 Å². The number of nitrogens with zero attached hydrogens (tertiary/aromatic N) is 3. The topological polar surface area (TPSA) is 70.1 Å². The van der Waals surface area contributed by atoms with Gasteiger partial charge < -0.3 is 15.5 Å². The Morgan fingerprint density at radius 3 is 2.48 bits per heavy atom. The quantitative estimate of drug-likeness (QED) is 0.691. The normalized spacial score (nSPS) is 19.1. The molecule has 1 fully saturated rings. The molecular weight excluding hydrogens is 376 g/mol. The van der Waals surface area contributed by atoms with E-state index >= 15 is 0 Å². The van der Waals surface area contributed by atoms with Crippen LogP contribution in [-0.2, 0) is 0 Å². The lowest BCUT2D eigenvalue weighted by Gasteiger charge is -2.30. The second-order valence-corrected chi connectivity index (χ2v) is 7.72. The fourth-order valence-corrected chi connectivity index (χ4v) is 3.59. The van der Waals surface area contributed by atoms with E-state index in [4.69, 9.17) is 0 Å². The lowest BCUT2D eigenvalue weighted by molar-refractivity contribution is 0.0984. The zero-order valence-electron chi connectivity index (χ0n) is 17.0. The van der Waals surface area contributed by atoms with Crippen molar-refractivity contribution in [2.75, 3.05) is 30.9 Å². The second-order valence-electron chi connectivity index (χ2n) is 7.72. The van der Waals surface area contributed by atoms with Crippen molar-refractivity contribution >= 4 is 17.5 Å². The zero-order valence-corrected chi connectivity index (χ0v) is 17.0. The van der Waals surface area contributed by atoms with E-state index in [0.717, 1.165) is 49.2 Å². The van der Waals surface area contributed by atoms with Crippen LogP contribution < -0.4 is 15.5 Å². The number of hydrogen-bond acceptors (Lipinski definition) is 6. The van der Waals surface area contributed by atoms with Crippen molar-refractivity contribution < 1.29 is 13.6 Å². The van der Waals surface area contributed by atoms with Crippen molar-refractivity contribution in [2.24, 2.45) is 0 Å². The third kappa shape index (κ3) is 5.47. The number of nitrogens with one attached hydrogen (secondary N) is 2. The Kier molecular flexibility index (Phi) is 6.74. The van der Waals surface area contributed by atoms with Gasteiger partial charge in [0.15, 0.2) is 17.4 Å². The van der Waals surface area contributed by atoms with E-state index in [1.807, 2.05) is 32.1 Å². The summed E-state index contributed by atoms with van der Waals surface area (Å²) in [5.74, 6) is -0.667. The standard InChI is InChI=1S/C21H27F2N5O/c1-13-11-25-21(27-20(13)28(2)3)26-16-7-5-15(6-8-16)24-12-19(29)14-4-9-17(22)18(23)10-14/h4,9-11,15-16,24H,5-8,12H2,1-3H3,(H,25,26,27)/t15-,16+.